The summed E-state index contributed by atoms with van der Waals surface area (Å²) in [5.74, 6) is -0.942. The van der Waals surface area contributed by atoms with Crippen molar-refractivity contribution in [2.24, 2.45) is 10.9 Å². The maximum atomic E-state index is 10.6. The van der Waals surface area contributed by atoms with Gasteiger partial charge in [0.05, 0.1) is 0 Å². The van der Waals surface area contributed by atoms with E-state index in [1.165, 1.54) is 13.8 Å². The summed E-state index contributed by atoms with van der Waals surface area (Å²) in [5.41, 5.74) is 4.70. The first-order valence-electron chi connectivity index (χ1n) is 3.73. The summed E-state index contributed by atoms with van der Waals surface area (Å²) in [6, 6.07) is -0.953. The second-order valence-electron chi connectivity index (χ2n) is 2.70. The van der Waals surface area contributed by atoms with Crippen molar-refractivity contribution in [1.29, 1.82) is 0 Å². The molecule has 78 valence electrons. The number of nitrogens with zero attached hydrogens (tertiary/aromatic N) is 2. The highest BCUT2D eigenvalue weighted by molar-refractivity contribution is 6.42. The molecule has 1 unspecified atom stereocenters. The smallest absolute Gasteiger partial charge is 0.270 e. The normalized spacial score (nSPS) is 15.0. The molecule has 0 radical (unpaired) electrons. The van der Waals surface area contributed by atoms with Crippen LogP contribution in [0.2, 0.25) is 0 Å². The molecule has 0 aromatic rings. The van der Waals surface area contributed by atoms with Crippen LogP contribution >= 0.6 is 0 Å². The molecule has 0 aliphatic heterocycles. The molecule has 0 aromatic carbocycles. The lowest BCUT2D eigenvalue weighted by Gasteiger charge is -2.02. The number of primary amides is 1. The zero-order valence-electron chi connectivity index (χ0n) is 7.80. The lowest BCUT2D eigenvalue weighted by molar-refractivity contribution is -0.507. The Bertz CT molecular complexity index is 308. The second-order valence-corrected chi connectivity index (χ2v) is 2.70. The van der Waals surface area contributed by atoms with Crippen molar-refractivity contribution in [2.45, 2.75) is 19.9 Å². The van der Waals surface area contributed by atoms with Gasteiger partial charge < -0.3 is 10.9 Å². The molecule has 7 nitrogen and oxygen atoms in total. The predicted molar refractivity (Wildman–Crippen MR) is 48.6 cm³/mol. The fraction of sp³-hybridized carbons (Fsp3) is 0.429. The third-order valence-corrected chi connectivity index (χ3v) is 1.70. The van der Waals surface area contributed by atoms with Gasteiger partial charge in [0.15, 0.2) is 5.71 Å². The van der Waals surface area contributed by atoms with Gasteiger partial charge in [0.1, 0.15) is 0 Å². The average molecular weight is 201 g/mol. The molecule has 7 heteroatoms. The number of carbonyl (C=O) groups excluding carboxylic acids is 1. The lowest BCUT2D eigenvalue weighted by atomic mass is 10.1. The van der Waals surface area contributed by atoms with Crippen molar-refractivity contribution in [3.8, 4) is 0 Å². The first kappa shape index (κ1) is 12.1. The first-order valence-corrected chi connectivity index (χ1v) is 3.73. The van der Waals surface area contributed by atoms with Crippen LogP contribution in [-0.2, 0) is 4.79 Å². The monoisotopic (exact) mass is 201 g/mol. The van der Waals surface area contributed by atoms with Gasteiger partial charge in [-0.3, -0.25) is 14.9 Å². The summed E-state index contributed by atoms with van der Waals surface area (Å²) >= 11 is 0. The number of nitro groups is 1. The molecule has 0 aromatic heterocycles. The van der Waals surface area contributed by atoms with Crippen LogP contribution in [0.3, 0.4) is 0 Å². The maximum Gasteiger partial charge on any atom is 0.270 e. The Kier molecular flexibility index (Phi) is 4.27. The van der Waals surface area contributed by atoms with Crippen LogP contribution in [0.25, 0.3) is 0 Å². The molecule has 0 spiro atoms. The Morgan fingerprint density at radius 3 is 2.50 bits per heavy atom. The van der Waals surface area contributed by atoms with Crippen molar-refractivity contribution in [1.82, 2.24) is 0 Å². The van der Waals surface area contributed by atoms with Crippen molar-refractivity contribution in [2.75, 3.05) is 0 Å². The fourth-order valence-corrected chi connectivity index (χ4v) is 0.652. The van der Waals surface area contributed by atoms with E-state index in [0.717, 1.165) is 6.08 Å². The van der Waals surface area contributed by atoms with Crippen molar-refractivity contribution < 1.29 is 14.9 Å². The van der Waals surface area contributed by atoms with E-state index in [0.29, 0.717) is 0 Å². The Balaban J connectivity index is 4.83. The van der Waals surface area contributed by atoms with E-state index < -0.39 is 22.6 Å². The molecule has 0 fully saturated rings. The van der Waals surface area contributed by atoms with Gasteiger partial charge in [0, 0.05) is 17.4 Å². The molecule has 0 bridgehead atoms. The largest absolute Gasteiger partial charge is 0.410 e. The Labute approximate surface area is 80.0 Å². The Morgan fingerprint density at radius 1 is 1.71 bits per heavy atom. The number of nitrogens with two attached hydrogens (primary N) is 1. The first-order chi connectivity index (χ1) is 6.40. The average Bonchev–Trinajstić information content (AvgIpc) is 2.11. The molecule has 1 amide bonds. The summed E-state index contributed by atoms with van der Waals surface area (Å²) in [6.07, 6.45) is 1.08. The standard InChI is InChI=1S/C7H11N3O4/c1-4(5(2)10(13)14)3-6(9-12)7(8)11/h3,5,12H,1-2H3,(H2,8,11)/b4-3+,9-6?. The van der Waals surface area contributed by atoms with Crippen molar-refractivity contribution in [3.63, 3.8) is 0 Å². The number of hydrogen-bond acceptors (Lipinski definition) is 5. The van der Waals surface area contributed by atoms with E-state index in [1.807, 2.05) is 0 Å². The topological polar surface area (TPSA) is 119 Å². The minimum absolute atomic E-state index is 0.279. The zero-order valence-corrected chi connectivity index (χ0v) is 7.80. The summed E-state index contributed by atoms with van der Waals surface area (Å²) < 4.78 is 0. The second kappa shape index (κ2) is 4.95. The van der Waals surface area contributed by atoms with Crippen molar-refractivity contribution in [3.05, 3.63) is 21.8 Å². The quantitative estimate of drug-likeness (QED) is 0.286. The van der Waals surface area contributed by atoms with Gasteiger partial charge in [-0.2, -0.15) is 0 Å². The molecule has 0 rings (SSSR count). The molecule has 0 heterocycles. The van der Waals surface area contributed by atoms with Crippen LogP contribution in [0.5, 0.6) is 0 Å². The number of amides is 1. The van der Waals surface area contributed by atoms with Crippen molar-refractivity contribution >= 4 is 11.6 Å². The van der Waals surface area contributed by atoms with E-state index in [4.69, 9.17) is 10.9 Å². The predicted octanol–water partition coefficient (Wildman–Crippen LogP) is -0.0866. The van der Waals surface area contributed by atoms with Crippen LogP contribution in [0.4, 0.5) is 0 Å². The molecule has 14 heavy (non-hydrogen) atoms. The Hall–Kier alpha value is -1.92. The van der Waals surface area contributed by atoms with Gasteiger partial charge in [0.2, 0.25) is 6.04 Å². The molecular weight excluding hydrogens is 190 g/mol. The van der Waals surface area contributed by atoms with E-state index in [2.05, 4.69) is 5.16 Å². The van der Waals surface area contributed by atoms with Crippen LogP contribution < -0.4 is 5.73 Å². The van der Waals surface area contributed by atoms with Gasteiger partial charge in [-0.15, -0.1) is 0 Å². The van der Waals surface area contributed by atoms with Gasteiger partial charge in [-0.1, -0.05) is 5.16 Å². The minimum Gasteiger partial charge on any atom is -0.410 e. The summed E-state index contributed by atoms with van der Waals surface area (Å²) in [4.78, 5) is 20.4. The van der Waals surface area contributed by atoms with Gasteiger partial charge in [-0.25, -0.2) is 0 Å². The van der Waals surface area contributed by atoms with E-state index in [-0.39, 0.29) is 5.57 Å². The molecule has 3 N–H and O–H groups in total. The number of oxime groups is 1. The van der Waals surface area contributed by atoms with Gasteiger partial charge >= 0.3 is 0 Å². The number of carbonyl (C=O) groups is 1. The fourth-order valence-electron chi connectivity index (χ4n) is 0.652. The summed E-state index contributed by atoms with van der Waals surface area (Å²) in [6.45, 7) is 2.80. The van der Waals surface area contributed by atoms with Gasteiger partial charge in [0.25, 0.3) is 5.91 Å². The highest BCUT2D eigenvalue weighted by Crippen LogP contribution is 2.04. The van der Waals surface area contributed by atoms with E-state index in [1.54, 1.807) is 0 Å². The van der Waals surface area contributed by atoms with Crippen LogP contribution in [0.1, 0.15) is 13.8 Å². The molecule has 0 aliphatic rings. The highest BCUT2D eigenvalue weighted by atomic mass is 16.6. The van der Waals surface area contributed by atoms with E-state index in [9.17, 15) is 14.9 Å². The van der Waals surface area contributed by atoms with Gasteiger partial charge in [-0.05, 0) is 13.0 Å². The Morgan fingerprint density at radius 2 is 2.21 bits per heavy atom. The number of hydrogen-bond donors (Lipinski definition) is 2. The number of rotatable bonds is 4. The molecule has 0 aliphatic carbocycles. The van der Waals surface area contributed by atoms with Crippen LogP contribution in [0, 0.1) is 10.1 Å². The highest BCUT2D eigenvalue weighted by Gasteiger charge is 2.16. The third-order valence-electron chi connectivity index (χ3n) is 1.70. The molecular formula is C7H11N3O4. The maximum absolute atomic E-state index is 10.6. The molecule has 0 saturated heterocycles. The minimum atomic E-state index is -0.953. The molecule has 0 saturated carbocycles. The van der Waals surface area contributed by atoms with E-state index >= 15 is 0 Å². The molecule has 1 atom stereocenters. The summed E-state index contributed by atoms with van der Waals surface area (Å²) in [7, 11) is 0. The van der Waals surface area contributed by atoms with Crippen LogP contribution in [-0.4, -0.2) is 27.8 Å². The summed E-state index contributed by atoms with van der Waals surface area (Å²) in [5, 5.41) is 21.3. The zero-order chi connectivity index (χ0) is 11.3. The van der Waals surface area contributed by atoms with Crippen LogP contribution in [0.15, 0.2) is 16.8 Å². The third kappa shape index (κ3) is 3.21. The SMILES string of the molecule is C/C(=C\C(=NO)C(N)=O)C(C)[N+](=O)[O-]. The lowest BCUT2D eigenvalue weighted by Crippen LogP contribution is -2.24.